The number of carbonyl (C=O) groups excluding carboxylic acids is 2. The highest BCUT2D eigenvalue weighted by Crippen LogP contribution is 2.21. The maximum atomic E-state index is 12.7. The number of amides is 2. The number of ether oxygens (including phenoxy) is 1. The molecule has 2 amide bonds. The second kappa shape index (κ2) is 8.38. The number of carbonyl (C=O) groups is 2. The summed E-state index contributed by atoms with van der Waals surface area (Å²) in [7, 11) is -3.61. The standard InChI is InChI=1S/C16H21N3O5S2/c20-15(4-5-18-8-11-25-16(18)21)17-13-2-1-3-14(12-13)26(22,23)19-6-9-24-10-7-19/h1-3,12H,4-11H2,(H,17,20). The Morgan fingerprint density at radius 3 is 2.69 bits per heavy atom. The lowest BCUT2D eigenvalue weighted by atomic mass is 10.3. The van der Waals surface area contributed by atoms with Crippen LogP contribution in [0.2, 0.25) is 0 Å². The average molecular weight is 399 g/mol. The van der Waals surface area contributed by atoms with Gasteiger partial charge in [-0.15, -0.1) is 0 Å². The molecule has 26 heavy (non-hydrogen) atoms. The number of nitrogens with one attached hydrogen (secondary N) is 1. The van der Waals surface area contributed by atoms with Crippen LogP contribution in [0.3, 0.4) is 0 Å². The van der Waals surface area contributed by atoms with E-state index in [9.17, 15) is 18.0 Å². The fourth-order valence-corrected chi connectivity index (χ4v) is 5.06. The largest absolute Gasteiger partial charge is 0.379 e. The van der Waals surface area contributed by atoms with Gasteiger partial charge in [-0.2, -0.15) is 4.31 Å². The highest BCUT2D eigenvalue weighted by Gasteiger charge is 2.26. The first-order valence-corrected chi connectivity index (χ1v) is 10.8. The van der Waals surface area contributed by atoms with Gasteiger partial charge in [0.25, 0.3) is 5.24 Å². The number of morpholine rings is 1. The molecule has 0 spiro atoms. The fourth-order valence-electron chi connectivity index (χ4n) is 2.76. The highest BCUT2D eigenvalue weighted by atomic mass is 32.2. The minimum atomic E-state index is -3.61. The van der Waals surface area contributed by atoms with Crippen LogP contribution < -0.4 is 5.32 Å². The minimum Gasteiger partial charge on any atom is -0.379 e. The van der Waals surface area contributed by atoms with Crippen molar-refractivity contribution in [1.29, 1.82) is 0 Å². The number of nitrogens with zero attached hydrogens (tertiary/aromatic N) is 2. The molecule has 3 rings (SSSR count). The van der Waals surface area contributed by atoms with Crippen molar-refractivity contribution in [2.45, 2.75) is 11.3 Å². The highest BCUT2D eigenvalue weighted by molar-refractivity contribution is 8.13. The summed E-state index contributed by atoms with van der Waals surface area (Å²) >= 11 is 1.25. The van der Waals surface area contributed by atoms with Crippen molar-refractivity contribution in [3.8, 4) is 0 Å². The normalized spacial score (nSPS) is 18.9. The molecule has 0 unspecified atom stereocenters. The Morgan fingerprint density at radius 2 is 2.00 bits per heavy atom. The smallest absolute Gasteiger partial charge is 0.281 e. The zero-order valence-electron chi connectivity index (χ0n) is 14.2. The number of hydrogen-bond donors (Lipinski definition) is 1. The van der Waals surface area contributed by atoms with Crippen LogP contribution in [0.15, 0.2) is 29.2 Å². The molecule has 0 aromatic heterocycles. The van der Waals surface area contributed by atoms with Crippen LogP contribution >= 0.6 is 11.8 Å². The van der Waals surface area contributed by atoms with Gasteiger partial charge in [-0.1, -0.05) is 17.8 Å². The van der Waals surface area contributed by atoms with Crippen molar-refractivity contribution < 1.29 is 22.7 Å². The molecule has 10 heteroatoms. The molecule has 0 saturated carbocycles. The average Bonchev–Trinajstić information content (AvgIpc) is 3.06. The van der Waals surface area contributed by atoms with Gasteiger partial charge in [0, 0.05) is 44.0 Å². The zero-order chi connectivity index (χ0) is 18.6. The molecular weight excluding hydrogens is 378 g/mol. The van der Waals surface area contributed by atoms with Crippen LogP contribution in [0.25, 0.3) is 0 Å². The van der Waals surface area contributed by atoms with E-state index in [0.717, 1.165) is 5.75 Å². The van der Waals surface area contributed by atoms with E-state index in [4.69, 9.17) is 4.74 Å². The van der Waals surface area contributed by atoms with Crippen molar-refractivity contribution in [2.75, 3.05) is 50.5 Å². The van der Waals surface area contributed by atoms with Gasteiger partial charge in [0.05, 0.1) is 18.1 Å². The fraction of sp³-hybridized carbons (Fsp3) is 0.500. The summed E-state index contributed by atoms with van der Waals surface area (Å²) in [5, 5.41) is 2.70. The SMILES string of the molecule is O=C(CCN1CCSC1=O)Nc1cccc(S(=O)(=O)N2CCOCC2)c1. The van der Waals surface area contributed by atoms with E-state index < -0.39 is 10.0 Å². The van der Waals surface area contributed by atoms with Gasteiger partial charge in [0.15, 0.2) is 0 Å². The minimum absolute atomic E-state index is 0.00333. The van der Waals surface area contributed by atoms with Gasteiger partial charge in [-0.05, 0) is 18.2 Å². The van der Waals surface area contributed by atoms with Crippen molar-refractivity contribution in [2.24, 2.45) is 0 Å². The van der Waals surface area contributed by atoms with E-state index in [2.05, 4.69) is 5.32 Å². The van der Waals surface area contributed by atoms with E-state index >= 15 is 0 Å². The molecule has 0 aliphatic carbocycles. The van der Waals surface area contributed by atoms with Crippen LogP contribution in [0.5, 0.6) is 0 Å². The van der Waals surface area contributed by atoms with Gasteiger partial charge >= 0.3 is 0 Å². The lowest BCUT2D eigenvalue weighted by molar-refractivity contribution is -0.116. The number of sulfonamides is 1. The van der Waals surface area contributed by atoms with Crippen molar-refractivity contribution in [3.63, 3.8) is 0 Å². The molecular formula is C16H21N3O5S2. The second-order valence-electron chi connectivity index (χ2n) is 5.94. The number of anilines is 1. The van der Waals surface area contributed by atoms with Crippen molar-refractivity contribution in [1.82, 2.24) is 9.21 Å². The Labute approximate surface area is 156 Å². The molecule has 0 atom stereocenters. The molecule has 0 bridgehead atoms. The lowest BCUT2D eigenvalue weighted by Crippen LogP contribution is -2.40. The summed E-state index contributed by atoms with van der Waals surface area (Å²) in [6.07, 6.45) is 0.173. The van der Waals surface area contributed by atoms with Crippen LogP contribution in [0, 0.1) is 0 Å². The predicted molar refractivity (Wildman–Crippen MR) is 98.7 cm³/mol. The van der Waals surface area contributed by atoms with Crippen LogP contribution in [-0.4, -0.2) is 73.9 Å². The maximum Gasteiger partial charge on any atom is 0.281 e. The number of hydrogen-bond acceptors (Lipinski definition) is 6. The first kappa shape index (κ1) is 19.2. The number of benzene rings is 1. The number of thioether (sulfide) groups is 1. The third kappa shape index (κ3) is 4.56. The molecule has 8 nitrogen and oxygen atoms in total. The lowest BCUT2D eigenvalue weighted by Gasteiger charge is -2.26. The number of rotatable bonds is 6. The molecule has 142 valence electrons. The van der Waals surface area contributed by atoms with Gasteiger partial charge < -0.3 is 15.0 Å². The molecule has 1 aromatic rings. The maximum absolute atomic E-state index is 12.7. The van der Waals surface area contributed by atoms with Crippen LogP contribution in [-0.2, 0) is 19.6 Å². The molecule has 2 fully saturated rings. The summed E-state index contributed by atoms with van der Waals surface area (Å²) < 4.78 is 31.9. The van der Waals surface area contributed by atoms with E-state index in [0.29, 0.717) is 45.1 Å². The van der Waals surface area contributed by atoms with Gasteiger partial charge in [-0.25, -0.2) is 8.42 Å². The Morgan fingerprint density at radius 1 is 1.23 bits per heavy atom. The summed E-state index contributed by atoms with van der Waals surface area (Å²) in [5.74, 6) is 0.498. The second-order valence-corrected chi connectivity index (χ2v) is 8.93. The topological polar surface area (TPSA) is 96.0 Å². The van der Waals surface area contributed by atoms with Gasteiger partial charge in [0.1, 0.15) is 0 Å². The van der Waals surface area contributed by atoms with Crippen molar-refractivity contribution >= 4 is 38.6 Å². The Kier molecular flexibility index (Phi) is 6.17. The summed E-state index contributed by atoms with van der Waals surface area (Å²) in [6.45, 7) is 2.42. The molecule has 2 aliphatic heterocycles. The van der Waals surface area contributed by atoms with Gasteiger partial charge in [0.2, 0.25) is 15.9 Å². The van der Waals surface area contributed by atoms with E-state index in [-0.39, 0.29) is 22.5 Å². The zero-order valence-corrected chi connectivity index (χ0v) is 15.9. The third-order valence-electron chi connectivity index (χ3n) is 4.18. The Bertz CT molecular complexity index is 778. The first-order valence-electron chi connectivity index (χ1n) is 8.36. The molecule has 2 aliphatic rings. The van der Waals surface area contributed by atoms with E-state index in [1.54, 1.807) is 17.0 Å². The third-order valence-corrected chi connectivity index (χ3v) is 6.97. The summed E-state index contributed by atoms with van der Waals surface area (Å²) in [6, 6.07) is 6.22. The summed E-state index contributed by atoms with van der Waals surface area (Å²) in [5.41, 5.74) is 0.423. The van der Waals surface area contributed by atoms with Crippen LogP contribution in [0.4, 0.5) is 10.5 Å². The molecule has 0 radical (unpaired) electrons. The molecule has 2 heterocycles. The van der Waals surface area contributed by atoms with Gasteiger partial charge in [-0.3, -0.25) is 9.59 Å². The molecule has 2 saturated heterocycles. The van der Waals surface area contributed by atoms with E-state index in [1.807, 2.05) is 0 Å². The van der Waals surface area contributed by atoms with E-state index in [1.165, 1.54) is 28.2 Å². The van der Waals surface area contributed by atoms with Crippen molar-refractivity contribution in [3.05, 3.63) is 24.3 Å². The quantitative estimate of drug-likeness (QED) is 0.772. The summed E-state index contributed by atoms with van der Waals surface area (Å²) in [4.78, 5) is 25.4. The molecule has 1 N–H and O–H groups in total. The first-order chi connectivity index (χ1) is 12.5. The Hall–Kier alpha value is -1.62. The predicted octanol–water partition coefficient (Wildman–Crippen LogP) is 1.20. The monoisotopic (exact) mass is 399 g/mol. The van der Waals surface area contributed by atoms with Crippen LogP contribution in [0.1, 0.15) is 6.42 Å². The Balaban J connectivity index is 1.61. The molecule has 1 aromatic carbocycles.